The van der Waals surface area contributed by atoms with Crippen LogP contribution in [-0.4, -0.2) is 29.1 Å². The van der Waals surface area contributed by atoms with Crippen LogP contribution in [-0.2, 0) is 0 Å². The summed E-state index contributed by atoms with van der Waals surface area (Å²) in [7, 11) is 0. The molecule has 0 bridgehead atoms. The van der Waals surface area contributed by atoms with Crippen LogP contribution in [0.1, 0.15) is 36.2 Å². The first-order valence-corrected chi connectivity index (χ1v) is 6.71. The van der Waals surface area contributed by atoms with Gasteiger partial charge in [0, 0.05) is 13.2 Å². The van der Waals surface area contributed by atoms with E-state index in [1.807, 2.05) is 0 Å². The number of nitrogens with one attached hydrogen (secondary N) is 1. The van der Waals surface area contributed by atoms with Crippen molar-refractivity contribution in [1.82, 2.24) is 10.3 Å². The zero-order valence-corrected chi connectivity index (χ0v) is 10.8. The number of halogens is 1. The van der Waals surface area contributed by atoms with E-state index in [1.165, 1.54) is 12.1 Å². The van der Waals surface area contributed by atoms with E-state index in [2.05, 4.69) is 10.3 Å². The fourth-order valence-electron chi connectivity index (χ4n) is 2.62. The van der Waals surface area contributed by atoms with Crippen molar-refractivity contribution in [2.45, 2.75) is 25.7 Å². The zero-order valence-electron chi connectivity index (χ0n) is 10.8. The van der Waals surface area contributed by atoms with Crippen molar-refractivity contribution in [2.24, 2.45) is 11.8 Å². The van der Waals surface area contributed by atoms with E-state index in [9.17, 15) is 14.3 Å². The Morgan fingerprint density at radius 1 is 1.37 bits per heavy atom. The maximum absolute atomic E-state index is 12.7. The van der Waals surface area contributed by atoms with E-state index in [0.29, 0.717) is 12.5 Å². The second-order valence-electron chi connectivity index (χ2n) is 5.06. The Labute approximate surface area is 112 Å². The molecule has 2 N–H and O–H groups in total. The van der Waals surface area contributed by atoms with E-state index < -0.39 is 5.82 Å². The molecular weight excluding hydrogens is 247 g/mol. The number of amides is 1. The molecule has 1 aliphatic carbocycles. The number of rotatable bonds is 4. The fraction of sp³-hybridized carbons (Fsp3) is 0.571. The third-order valence-corrected chi connectivity index (χ3v) is 3.79. The monoisotopic (exact) mass is 266 g/mol. The highest BCUT2D eigenvalue weighted by atomic mass is 19.1. The Bertz CT molecular complexity index is 422. The van der Waals surface area contributed by atoms with Crippen molar-refractivity contribution in [2.75, 3.05) is 13.2 Å². The molecule has 104 valence electrons. The van der Waals surface area contributed by atoms with Gasteiger partial charge < -0.3 is 10.4 Å². The molecular formula is C14H19FN2O2. The molecule has 5 heteroatoms. The van der Waals surface area contributed by atoms with Crippen molar-refractivity contribution in [3.8, 4) is 0 Å². The number of carbonyl (C=O) groups excluding carboxylic acids is 1. The topological polar surface area (TPSA) is 62.2 Å². The first-order valence-electron chi connectivity index (χ1n) is 6.71. The van der Waals surface area contributed by atoms with Crippen LogP contribution in [0.4, 0.5) is 4.39 Å². The predicted octanol–water partition coefficient (Wildman–Crippen LogP) is 1.75. The zero-order chi connectivity index (χ0) is 13.7. The summed E-state index contributed by atoms with van der Waals surface area (Å²) in [5.74, 6) is -0.148. The third kappa shape index (κ3) is 3.73. The van der Waals surface area contributed by atoms with Gasteiger partial charge in [-0.05, 0) is 36.8 Å². The summed E-state index contributed by atoms with van der Waals surface area (Å²) in [6, 6.07) is 2.59. The van der Waals surface area contributed by atoms with E-state index in [1.54, 1.807) is 0 Å². The van der Waals surface area contributed by atoms with Crippen LogP contribution < -0.4 is 5.32 Å². The molecule has 0 aliphatic heterocycles. The number of pyridine rings is 1. The van der Waals surface area contributed by atoms with Crippen molar-refractivity contribution in [1.29, 1.82) is 0 Å². The molecule has 1 amide bonds. The standard InChI is InChI=1S/C14H19FN2O2/c15-12-5-6-13(16-8-12)14(19)17-7-10-3-1-2-4-11(10)9-18/h5-6,8,10-11,18H,1-4,7,9H2,(H,17,19). The molecule has 2 unspecified atom stereocenters. The number of aliphatic hydroxyl groups is 1. The minimum Gasteiger partial charge on any atom is -0.396 e. The molecule has 0 aromatic carbocycles. The lowest BCUT2D eigenvalue weighted by atomic mass is 9.79. The van der Waals surface area contributed by atoms with Gasteiger partial charge in [0.25, 0.3) is 5.91 Å². The number of hydrogen-bond acceptors (Lipinski definition) is 3. The molecule has 1 aromatic heterocycles. The number of nitrogens with zero attached hydrogens (tertiary/aromatic N) is 1. The van der Waals surface area contributed by atoms with Crippen LogP contribution in [0.25, 0.3) is 0 Å². The average molecular weight is 266 g/mol. The molecule has 0 spiro atoms. The minimum absolute atomic E-state index is 0.176. The van der Waals surface area contributed by atoms with Gasteiger partial charge in [-0.25, -0.2) is 9.37 Å². The van der Waals surface area contributed by atoms with Gasteiger partial charge in [-0.15, -0.1) is 0 Å². The number of carbonyl (C=O) groups is 1. The van der Waals surface area contributed by atoms with Gasteiger partial charge in [0.1, 0.15) is 11.5 Å². The summed E-state index contributed by atoms with van der Waals surface area (Å²) >= 11 is 0. The summed E-state index contributed by atoms with van der Waals surface area (Å²) < 4.78 is 12.7. The van der Waals surface area contributed by atoms with Crippen LogP contribution in [0.15, 0.2) is 18.3 Å². The Morgan fingerprint density at radius 2 is 2.11 bits per heavy atom. The SMILES string of the molecule is O=C(NCC1CCCCC1CO)c1ccc(F)cn1. The Morgan fingerprint density at radius 3 is 2.74 bits per heavy atom. The highest BCUT2D eigenvalue weighted by Crippen LogP contribution is 2.29. The smallest absolute Gasteiger partial charge is 0.269 e. The Hall–Kier alpha value is -1.49. The molecule has 4 nitrogen and oxygen atoms in total. The van der Waals surface area contributed by atoms with Gasteiger partial charge in [-0.1, -0.05) is 12.8 Å². The maximum atomic E-state index is 12.7. The average Bonchev–Trinajstić information content (AvgIpc) is 2.45. The van der Waals surface area contributed by atoms with Crippen LogP contribution in [0, 0.1) is 17.7 Å². The van der Waals surface area contributed by atoms with Gasteiger partial charge in [-0.2, -0.15) is 0 Å². The summed E-state index contributed by atoms with van der Waals surface area (Å²) in [6.07, 6.45) is 5.38. The summed E-state index contributed by atoms with van der Waals surface area (Å²) in [6.45, 7) is 0.721. The highest BCUT2D eigenvalue weighted by molar-refractivity contribution is 5.92. The number of aliphatic hydroxyl groups excluding tert-OH is 1. The molecule has 1 aromatic rings. The van der Waals surface area contributed by atoms with Crippen molar-refractivity contribution < 1.29 is 14.3 Å². The first kappa shape index (κ1) is 13.9. The highest BCUT2D eigenvalue weighted by Gasteiger charge is 2.24. The molecule has 1 fully saturated rings. The Kier molecular flexibility index (Phi) is 4.85. The molecule has 2 rings (SSSR count). The van der Waals surface area contributed by atoms with Crippen molar-refractivity contribution in [3.05, 3.63) is 29.8 Å². The quantitative estimate of drug-likeness (QED) is 0.872. The van der Waals surface area contributed by atoms with Gasteiger partial charge in [-0.3, -0.25) is 4.79 Å². The maximum Gasteiger partial charge on any atom is 0.269 e. The summed E-state index contributed by atoms with van der Waals surface area (Å²) in [4.78, 5) is 15.6. The third-order valence-electron chi connectivity index (χ3n) is 3.79. The Balaban J connectivity index is 1.87. The lowest BCUT2D eigenvalue weighted by Crippen LogP contribution is -2.35. The van der Waals surface area contributed by atoms with Gasteiger partial charge >= 0.3 is 0 Å². The van der Waals surface area contributed by atoms with Crippen LogP contribution in [0.2, 0.25) is 0 Å². The molecule has 1 saturated carbocycles. The van der Waals surface area contributed by atoms with E-state index in [0.717, 1.165) is 31.9 Å². The molecule has 1 aliphatic rings. The van der Waals surface area contributed by atoms with E-state index in [-0.39, 0.29) is 24.1 Å². The number of aromatic nitrogens is 1. The number of hydrogen-bond donors (Lipinski definition) is 2. The molecule has 2 atom stereocenters. The van der Waals surface area contributed by atoms with Gasteiger partial charge in [0.05, 0.1) is 6.20 Å². The fourth-order valence-corrected chi connectivity index (χ4v) is 2.62. The second-order valence-corrected chi connectivity index (χ2v) is 5.06. The molecule has 1 heterocycles. The summed E-state index contributed by atoms with van der Waals surface area (Å²) in [5, 5.41) is 12.1. The van der Waals surface area contributed by atoms with E-state index >= 15 is 0 Å². The largest absolute Gasteiger partial charge is 0.396 e. The molecule has 0 saturated heterocycles. The summed E-state index contributed by atoms with van der Waals surface area (Å²) in [5.41, 5.74) is 0.220. The predicted molar refractivity (Wildman–Crippen MR) is 69.1 cm³/mol. The minimum atomic E-state index is -0.454. The second kappa shape index (κ2) is 6.61. The van der Waals surface area contributed by atoms with Gasteiger partial charge in [0.2, 0.25) is 0 Å². The van der Waals surface area contributed by atoms with Crippen LogP contribution in [0.5, 0.6) is 0 Å². The van der Waals surface area contributed by atoms with Crippen molar-refractivity contribution >= 4 is 5.91 Å². The first-order chi connectivity index (χ1) is 9.20. The molecule has 19 heavy (non-hydrogen) atoms. The van der Waals surface area contributed by atoms with Gasteiger partial charge in [0.15, 0.2) is 0 Å². The lowest BCUT2D eigenvalue weighted by Gasteiger charge is -2.30. The van der Waals surface area contributed by atoms with Crippen LogP contribution in [0.3, 0.4) is 0 Å². The normalized spacial score (nSPS) is 23.1. The van der Waals surface area contributed by atoms with Crippen molar-refractivity contribution in [3.63, 3.8) is 0 Å². The molecule has 0 radical (unpaired) electrons. The lowest BCUT2D eigenvalue weighted by molar-refractivity contribution is 0.0904. The van der Waals surface area contributed by atoms with E-state index in [4.69, 9.17) is 0 Å². The van der Waals surface area contributed by atoms with Crippen LogP contribution >= 0.6 is 0 Å².